The van der Waals surface area contributed by atoms with Crippen LogP contribution in [-0.2, 0) is 11.3 Å². The Morgan fingerprint density at radius 1 is 1.08 bits per heavy atom. The third-order valence-electron chi connectivity index (χ3n) is 3.70. The molecule has 0 atom stereocenters. The molecule has 0 unspecified atom stereocenters. The number of carbonyl (C=O) groups excluding carboxylic acids is 2. The molecule has 0 radical (unpaired) electrons. The van der Waals surface area contributed by atoms with Gasteiger partial charge >= 0.3 is 0 Å². The Morgan fingerprint density at radius 2 is 1.79 bits per heavy atom. The number of rotatable bonds is 8. The van der Waals surface area contributed by atoms with Crippen LogP contribution in [0.1, 0.15) is 30.0 Å². The van der Waals surface area contributed by atoms with Crippen molar-refractivity contribution in [2.45, 2.75) is 20.4 Å². The average Bonchev–Trinajstić information content (AvgIpc) is 3.11. The number of benzene rings is 1. The van der Waals surface area contributed by atoms with Crippen molar-refractivity contribution in [3.63, 3.8) is 0 Å². The third kappa shape index (κ3) is 5.24. The molecule has 6 nitrogen and oxygen atoms in total. The Hall–Kier alpha value is -2.60. The van der Waals surface area contributed by atoms with Crippen LogP contribution in [0.5, 0.6) is 0 Å². The van der Waals surface area contributed by atoms with E-state index < -0.39 is 0 Å². The maximum atomic E-state index is 12.0. The van der Waals surface area contributed by atoms with Crippen molar-refractivity contribution in [1.29, 1.82) is 0 Å². The standard InChI is InChI=1S/C18H23N3O3/c1-3-21(4-2)13-17(22)20-15-9-7-14(8-10-15)18(23)19-12-16-6-5-11-24-16/h5-11H,3-4,12-13H2,1-2H3,(H,19,23)(H,20,22). The van der Waals surface area contributed by atoms with Gasteiger partial charge in [-0.15, -0.1) is 0 Å². The van der Waals surface area contributed by atoms with Crippen LogP contribution in [0.4, 0.5) is 5.69 Å². The molecule has 0 fully saturated rings. The molecule has 2 amide bonds. The summed E-state index contributed by atoms with van der Waals surface area (Å²) < 4.78 is 5.17. The topological polar surface area (TPSA) is 74.6 Å². The Morgan fingerprint density at radius 3 is 2.38 bits per heavy atom. The van der Waals surface area contributed by atoms with Crippen molar-refractivity contribution in [1.82, 2.24) is 10.2 Å². The highest BCUT2D eigenvalue weighted by atomic mass is 16.3. The van der Waals surface area contributed by atoms with Crippen LogP contribution in [-0.4, -0.2) is 36.3 Å². The fourth-order valence-electron chi connectivity index (χ4n) is 2.24. The van der Waals surface area contributed by atoms with Crippen molar-refractivity contribution in [2.75, 3.05) is 25.0 Å². The van der Waals surface area contributed by atoms with E-state index >= 15 is 0 Å². The molecule has 1 aromatic heterocycles. The highest BCUT2D eigenvalue weighted by molar-refractivity contribution is 5.96. The molecule has 0 saturated carbocycles. The number of amides is 2. The molecular weight excluding hydrogens is 306 g/mol. The Bertz CT molecular complexity index is 647. The zero-order chi connectivity index (χ0) is 17.4. The highest BCUT2D eigenvalue weighted by Crippen LogP contribution is 2.10. The van der Waals surface area contributed by atoms with E-state index in [1.54, 1.807) is 42.7 Å². The van der Waals surface area contributed by atoms with Crippen LogP contribution in [0, 0.1) is 0 Å². The molecule has 0 aliphatic rings. The summed E-state index contributed by atoms with van der Waals surface area (Å²) >= 11 is 0. The maximum absolute atomic E-state index is 12.0. The number of hydrogen-bond acceptors (Lipinski definition) is 4. The number of hydrogen-bond donors (Lipinski definition) is 2. The van der Waals surface area contributed by atoms with Gasteiger partial charge in [-0.05, 0) is 49.5 Å². The van der Waals surface area contributed by atoms with Gasteiger partial charge in [0.25, 0.3) is 5.91 Å². The van der Waals surface area contributed by atoms with Gasteiger partial charge in [0.2, 0.25) is 5.91 Å². The second-order valence-corrected chi connectivity index (χ2v) is 5.35. The molecule has 0 saturated heterocycles. The summed E-state index contributed by atoms with van der Waals surface area (Å²) in [5.74, 6) is 0.449. The summed E-state index contributed by atoms with van der Waals surface area (Å²) in [6, 6.07) is 10.4. The smallest absolute Gasteiger partial charge is 0.251 e. The van der Waals surface area contributed by atoms with E-state index in [0.29, 0.717) is 30.1 Å². The predicted molar refractivity (Wildman–Crippen MR) is 92.7 cm³/mol. The molecule has 0 spiro atoms. The number of carbonyl (C=O) groups is 2. The van der Waals surface area contributed by atoms with Gasteiger partial charge in [-0.1, -0.05) is 13.8 Å². The molecule has 128 valence electrons. The molecular formula is C18H23N3O3. The molecule has 2 aromatic rings. The quantitative estimate of drug-likeness (QED) is 0.780. The van der Waals surface area contributed by atoms with Crippen molar-refractivity contribution in [3.8, 4) is 0 Å². The second kappa shape index (κ2) is 8.88. The largest absolute Gasteiger partial charge is 0.467 e. The molecule has 2 N–H and O–H groups in total. The molecule has 0 aliphatic carbocycles. The van der Waals surface area contributed by atoms with Crippen molar-refractivity contribution in [2.24, 2.45) is 0 Å². The first kappa shape index (κ1) is 17.7. The lowest BCUT2D eigenvalue weighted by molar-refractivity contribution is -0.117. The van der Waals surface area contributed by atoms with Crippen LogP contribution >= 0.6 is 0 Å². The first-order chi connectivity index (χ1) is 11.6. The zero-order valence-electron chi connectivity index (χ0n) is 14.0. The number of likely N-dealkylation sites (N-methyl/N-ethyl adjacent to an activating group) is 1. The zero-order valence-corrected chi connectivity index (χ0v) is 14.0. The number of nitrogens with one attached hydrogen (secondary N) is 2. The fraction of sp³-hybridized carbons (Fsp3) is 0.333. The van der Waals surface area contributed by atoms with Gasteiger partial charge in [0, 0.05) is 11.3 Å². The Kier molecular flexibility index (Phi) is 6.57. The molecule has 6 heteroatoms. The summed E-state index contributed by atoms with van der Waals surface area (Å²) in [7, 11) is 0. The summed E-state index contributed by atoms with van der Waals surface area (Å²) in [4.78, 5) is 26.0. The van der Waals surface area contributed by atoms with E-state index in [1.165, 1.54) is 0 Å². The van der Waals surface area contributed by atoms with E-state index in [-0.39, 0.29) is 11.8 Å². The second-order valence-electron chi connectivity index (χ2n) is 5.35. The SMILES string of the molecule is CCN(CC)CC(=O)Nc1ccc(C(=O)NCc2ccco2)cc1. The van der Waals surface area contributed by atoms with Crippen LogP contribution in [0.2, 0.25) is 0 Å². The minimum Gasteiger partial charge on any atom is -0.467 e. The minimum atomic E-state index is -0.188. The van der Waals surface area contributed by atoms with Crippen molar-refractivity contribution >= 4 is 17.5 Å². The minimum absolute atomic E-state index is 0.0614. The molecule has 1 heterocycles. The number of anilines is 1. The summed E-state index contributed by atoms with van der Waals surface area (Å²) in [5, 5.41) is 5.61. The lowest BCUT2D eigenvalue weighted by Crippen LogP contribution is -2.32. The van der Waals surface area contributed by atoms with E-state index in [9.17, 15) is 9.59 Å². The van der Waals surface area contributed by atoms with Gasteiger partial charge in [-0.2, -0.15) is 0 Å². The first-order valence-electron chi connectivity index (χ1n) is 8.05. The summed E-state index contributed by atoms with van der Waals surface area (Å²) in [6.07, 6.45) is 1.57. The van der Waals surface area contributed by atoms with Crippen LogP contribution in [0.3, 0.4) is 0 Å². The van der Waals surface area contributed by atoms with Crippen LogP contribution in [0.25, 0.3) is 0 Å². The first-order valence-corrected chi connectivity index (χ1v) is 8.05. The van der Waals surface area contributed by atoms with Crippen LogP contribution < -0.4 is 10.6 Å². The van der Waals surface area contributed by atoms with Gasteiger partial charge in [0.1, 0.15) is 5.76 Å². The summed E-state index contributed by atoms with van der Waals surface area (Å²) in [5.41, 5.74) is 1.21. The highest BCUT2D eigenvalue weighted by Gasteiger charge is 2.09. The molecule has 0 aliphatic heterocycles. The molecule has 1 aromatic carbocycles. The lowest BCUT2D eigenvalue weighted by Gasteiger charge is -2.17. The predicted octanol–water partition coefficient (Wildman–Crippen LogP) is 2.49. The molecule has 24 heavy (non-hydrogen) atoms. The maximum Gasteiger partial charge on any atom is 0.251 e. The lowest BCUT2D eigenvalue weighted by atomic mass is 10.2. The van der Waals surface area contributed by atoms with Gasteiger partial charge in [0.05, 0.1) is 19.4 Å². The van der Waals surface area contributed by atoms with Crippen LogP contribution in [0.15, 0.2) is 47.1 Å². The Balaban J connectivity index is 1.85. The van der Waals surface area contributed by atoms with E-state index in [4.69, 9.17) is 4.42 Å². The van der Waals surface area contributed by atoms with E-state index in [2.05, 4.69) is 10.6 Å². The Labute approximate surface area is 141 Å². The molecule has 0 bridgehead atoms. The average molecular weight is 329 g/mol. The normalized spacial score (nSPS) is 10.6. The number of furan rings is 1. The van der Waals surface area contributed by atoms with Gasteiger partial charge in [-0.3, -0.25) is 14.5 Å². The van der Waals surface area contributed by atoms with E-state index in [0.717, 1.165) is 13.1 Å². The summed E-state index contributed by atoms with van der Waals surface area (Å²) in [6.45, 7) is 6.41. The van der Waals surface area contributed by atoms with E-state index in [1.807, 2.05) is 18.7 Å². The third-order valence-corrected chi connectivity index (χ3v) is 3.70. The van der Waals surface area contributed by atoms with Gasteiger partial charge < -0.3 is 15.1 Å². The fourth-order valence-corrected chi connectivity index (χ4v) is 2.24. The van der Waals surface area contributed by atoms with Gasteiger partial charge in [0.15, 0.2) is 0 Å². The number of nitrogens with zero attached hydrogens (tertiary/aromatic N) is 1. The monoisotopic (exact) mass is 329 g/mol. The molecule has 2 rings (SSSR count). The van der Waals surface area contributed by atoms with Crippen molar-refractivity contribution < 1.29 is 14.0 Å². The van der Waals surface area contributed by atoms with Crippen molar-refractivity contribution in [3.05, 3.63) is 54.0 Å². The van der Waals surface area contributed by atoms with Gasteiger partial charge in [-0.25, -0.2) is 0 Å².